The molecule has 0 fully saturated rings. The van der Waals surface area contributed by atoms with Crippen molar-refractivity contribution in [3.8, 4) is 0 Å². The van der Waals surface area contributed by atoms with Crippen LogP contribution in [-0.4, -0.2) is 22.5 Å². The summed E-state index contributed by atoms with van der Waals surface area (Å²) in [6.45, 7) is 7.71. The molecule has 0 saturated carbocycles. The average Bonchev–Trinajstić information content (AvgIpc) is 1.94. The third-order valence-electron chi connectivity index (χ3n) is 2.53. The van der Waals surface area contributed by atoms with Gasteiger partial charge in [-0.25, -0.2) is 0 Å². The van der Waals surface area contributed by atoms with E-state index in [1.807, 2.05) is 27.7 Å². The van der Waals surface area contributed by atoms with E-state index in [9.17, 15) is 5.21 Å². The van der Waals surface area contributed by atoms with Crippen LogP contribution >= 0.6 is 0 Å². The first-order valence-electron chi connectivity index (χ1n) is 3.40. The Morgan fingerprint density at radius 2 is 1.80 bits per heavy atom. The Bertz CT molecular complexity index is 172. The second-order valence-corrected chi connectivity index (χ2v) is 3.69. The smallest absolute Gasteiger partial charge is 0.0786 e. The molecule has 1 heterocycles. The lowest BCUT2D eigenvalue weighted by atomic mass is 9.84. The van der Waals surface area contributed by atoms with E-state index in [-0.39, 0.29) is 5.54 Å². The molecule has 10 heavy (non-hydrogen) atoms. The van der Waals surface area contributed by atoms with Gasteiger partial charge in [0.1, 0.15) is 0 Å². The Balaban J connectivity index is 2.94. The topological polar surface area (TPSA) is 38.7 Å². The molecule has 0 saturated heterocycles. The van der Waals surface area contributed by atoms with E-state index in [2.05, 4.69) is 4.99 Å². The lowest BCUT2D eigenvalue weighted by molar-refractivity contribution is 0.207. The monoisotopic (exact) mass is 141 g/mol. The number of rotatable bonds is 0. The van der Waals surface area contributed by atoms with Crippen LogP contribution in [-0.2, 0) is 0 Å². The van der Waals surface area contributed by atoms with Crippen molar-refractivity contribution in [2.75, 3.05) is 0 Å². The Morgan fingerprint density at radius 3 is 1.90 bits per heavy atom. The van der Waals surface area contributed by atoms with Crippen molar-refractivity contribution >= 4 is 6.34 Å². The minimum Gasteiger partial charge on any atom is -0.757 e. The summed E-state index contributed by atoms with van der Waals surface area (Å²) in [5.41, 5.74) is -0.651. The van der Waals surface area contributed by atoms with Crippen LogP contribution in [0.2, 0.25) is 0 Å². The summed E-state index contributed by atoms with van der Waals surface area (Å²) in [6, 6.07) is 0. The van der Waals surface area contributed by atoms with Gasteiger partial charge < -0.3 is 10.3 Å². The summed E-state index contributed by atoms with van der Waals surface area (Å²) in [4.78, 5) is 4.09. The van der Waals surface area contributed by atoms with Crippen LogP contribution < -0.4 is 0 Å². The molecule has 0 aromatic rings. The minimum atomic E-state index is -0.396. The maximum atomic E-state index is 11.1. The van der Waals surface area contributed by atoms with E-state index < -0.39 is 5.54 Å². The molecule has 3 heteroatoms. The first kappa shape index (κ1) is 7.54. The summed E-state index contributed by atoms with van der Waals surface area (Å²) in [6.07, 6.45) is 1.36. The first-order valence-corrected chi connectivity index (χ1v) is 3.40. The molecule has 1 aliphatic rings. The van der Waals surface area contributed by atoms with Gasteiger partial charge in [0.25, 0.3) is 0 Å². The Morgan fingerprint density at radius 1 is 1.30 bits per heavy atom. The summed E-state index contributed by atoms with van der Waals surface area (Å²) >= 11 is 0. The third kappa shape index (κ3) is 0.736. The molecule has 0 amide bonds. The van der Waals surface area contributed by atoms with Crippen molar-refractivity contribution in [3.63, 3.8) is 0 Å². The van der Waals surface area contributed by atoms with Gasteiger partial charge in [0.05, 0.1) is 11.9 Å². The van der Waals surface area contributed by atoms with Gasteiger partial charge in [-0.15, -0.1) is 0 Å². The van der Waals surface area contributed by atoms with Gasteiger partial charge in [-0.3, -0.25) is 4.99 Å². The second kappa shape index (κ2) is 1.72. The molecule has 0 atom stereocenters. The third-order valence-corrected chi connectivity index (χ3v) is 2.53. The Hall–Kier alpha value is -0.570. The van der Waals surface area contributed by atoms with Gasteiger partial charge in [0, 0.05) is 5.54 Å². The highest BCUT2D eigenvalue weighted by atomic mass is 16.5. The molecule has 0 aromatic heterocycles. The maximum Gasteiger partial charge on any atom is 0.0786 e. The van der Waals surface area contributed by atoms with Crippen molar-refractivity contribution in [1.82, 2.24) is 5.06 Å². The predicted molar refractivity (Wildman–Crippen MR) is 41.9 cm³/mol. The molecule has 0 aromatic carbocycles. The lowest BCUT2D eigenvalue weighted by Gasteiger charge is -2.44. The van der Waals surface area contributed by atoms with Gasteiger partial charge in [-0.2, -0.15) is 0 Å². The highest BCUT2D eigenvalue weighted by molar-refractivity contribution is 5.61. The van der Waals surface area contributed by atoms with Gasteiger partial charge in [-0.05, 0) is 27.7 Å². The van der Waals surface area contributed by atoms with Crippen molar-refractivity contribution in [1.29, 1.82) is 0 Å². The predicted octanol–water partition coefficient (Wildman–Crippen LogP) is 1.39. The summed E-state index contributed by atoms with van der Waals surface area (Å²) < 4.78 is 0. The van der Waals surface area contributed by atoms with E-state index in [0.29, 0.717) is 0 Å². The van der Waals surface area contributed by atoms with Crippen LogP contribution in [0.5, 0.6) is 0 Å². The molecular weight excluding hydrogens is 128 g/mol. The first-order chi connectivity index (χ1) is 4.38. The lowest BCUT2D eigenvalue weighted by Crippen LogP contribution is -2.48. The Kier molecular flexibility index (Phi) is 1.30. The van der Waals surface area contributed by atoms with E-state index >= 15 is 0 Å². The summed E-state index contributed by atoms with van der Waals surface area (Å²) in [7, 11) is 0. The average molecular weight is 141 g/mol. The number of hydrogen-bond acceptors (Lipinski definition) is 3. The molecule has 0 bridgehead atoms. The highest BCUT2D eigenvalue weighted by Gasteiger charge is 2.40. The van der Waals surface area contributed by atoms with Gasteiger partial charge >= 0.3 is 0 Å². The highest BCUT2D eigenvalue weighted by Crippen LogP contribution is 2.33. The number of hydroxylamine groups is 2. The van der Waals surface area contributed by atoms with Gasteiger partial charge in [0.15, 0.2) is 0 Å². The molecule has 1 aliphatic heterocycles. The van der Waals surface area contributed by atoms with E-state index in [1.165, 1.54) is 6.34 Å². The minimum absolute atomic E-state index is 0.255. The fraction of sp³-hybridized carbons (Fsp3) is 0.857. The van der Waals surface area contributed by atoms with Crippen LogP contribution in [0.3, 0.4) is 0 Å². The summed E-state index contributed by atoms with van der Waals surface area (Å²) in [5, 5.41) is 12.0. The van der Waals surface area contributed by atoms with Crippen molar-refractivity contribution in [3.05, 3.63) is 5.21 Å². The largest absolute Gasteiger partial charge is 0.757 e. The van der Waals surface area contributed by atoms with E-state index in [4.69, 9.17) is 0 Å². The van der Waals surface area contributed by atoms with E-state index in [0.717, 1.165) is 5.06 Å². The zero-order valence-electron chi connectivity index (χ0n) is 6.88. The van der Waals surface area contributed by atoms with Crippen LogP contribution in [0, 0.1) is 5.21 Å². The van der Waals surface area contributed by atoms with Gasteiger partial charge in [-0.1, -0.05) is 0 Å². The molecule has 3 nitrogen and oxygen atoms in total. The Labute approximate surface area is 61.3 Å². The molecule has 0 radical (unpaired) electrons. The molecular formula is C7H13N2O-. The molecule has 0 N–H and O–H groups in total. The fourth-order valence-corrected chi connectivity index (χ4v) is 0.769. The summed E-state index contributed by atoms with van der Waals surface area (Å²) in [5.74, 6) is 0. The van der Waals surface area contributed by atoms with Crippen molar-refractivity contribution in [2.45, 2.75) is 38.8 Å². The van der Waals surface area contributed by atoms with Crippen LogP contribution in [0.4, 0.5) is 0 Å². The van der Waals surface area contributed by atoms with E-state index in [1.54, 1.807) is 0 Å². The second-order valence-electron chi connectivity index (χ2n) is 3.69. The van der Waals surface area contributed by atoms with Crippen molar-refractivity contribution < 1.29 is 0 Å². The van der Waals surface area contributed by atoms with Crippen molar-refractivity contribution in [2.24, 2.45) is 4.99 Å². The van der Waals surface area contributed by atoms with Crippen LogP contribution in [0.1, 0.15) is 27.7 Å². The number of aliphatic imine (C=N–C) groups is 1. The molecule has 0 spiro atoms. The van der Waals surface area contributed by atoms with Crippen LogP contribution in [0.15, 0.2) is 4.99 Å². The number of nitrogens with zero attached hydrogens (tertiary/aromatic N) is 2. The zero-order valence-corrected chi connectivity index (χ0v) is 6.88. The molecule has 0 aliphatic carbocycles. The van der Waals surface area contributed by atoms with Crippen LogP contribution in [0.25, 0.3) is 0 Å². The fourth-order valence-electron chi connectivity index (χ4n) is 0.769. The normalized spacial score (nSPS) is 27.5. The zero-order chi connectivity index (χ0) is 7.99. The standard InChI is InChI=1S/C7H13N2O/c1-6(2)7(3,4)9(10)5-8-6/h5H,1-4H3/q-1. The van der Waals surface area contributed by atoms with Gasteiger partial charge in [0.2, 0.25) is 0 Å². The maximum absolute atomic E-state index is 11.1. The molecule has 58 valence electrons. The quantitative estimate of drug-likeness (QED) is 0.511. The SMILES string of the molecule is CC1(C)N=CN([O-])C1(C)C. The molecule has 1 rings (SSSR count). The molecule has 0 unspecified atom stereocenters. The number of hydrogen-bond donors (Lipinski definition) is 0.